The maximum Gasteiger partial charge on any atom is 0.339 e. The van der Waals surface area contributed by atoms with E-state index in [0.29, 0.717) is 11.6 Å². The van der Waals surface area contributed by atoms with Crippen molar-refractivity contribution >= 4 is 5.97 Å². The molecular formula is C17H15F2NO3. The minimum Gasteiger partial charge on any atom is -0.462 e. The van der Waals surface area contributed by atoms with Gasteiger partial charge in [-0.1, -0.05) is 18.2 Å². The number of carbonyl (C=O) groups is 1. The molecule has 0 saturated heterocycles. The van der Waals surface area contributed by atoms with Crippen molar-refractivity contribution in [3.05, 3.63) is 65.9 Å². The number of aromatic nitrogens is 1. The average molecular weight is 319 g/mol. The van der Waals surface area contributed by atoms with Crippen molar-refractivity contribution in [1.29, 1.82) is 0 Å². The molecule has 0 aliphatic carbocycles. The molecule has 0 spiro atoms. The fraction of sp³-hybridized carbons (Fsp3) is 0.176. The number of ether oxygens (including phenoxy) is 2. The third kappa shape index (κ3) is 5.18. The number of halogens is 2. The molecule has 0 aliphatic heterocycles. The highest BCUT2D eigenvalue weighted by molar-refractivity contribution is 5.89. The Kier molecular flexibility index (Phi) is 5.80. The van der Waals surface area contributed by atoms with Gasteiger partial charge < -0.3 is 9.47 Å². The number of benzene rings is 1. The molecule has 23 heavy (non-hydrogen) atoms. The molecule has 0 aliphatic rings. The van der Waals surface area contributed by atoms with E-state index in [1.54, 1.807) is 12.1 Å². The fourth-order valence-corrected chi connectivity index (χ4v) is 1.65. The van der Waals surface area contributed by atoms with E-state index in [4.69, 9.17) is 9.47 Å². The van der Waals surface area contributed by atoms with Gasteiger partial charge in [-0.25, -0.2) is 9.78 Å². The summed E-state index contributed by atoms with van der Waals surface area (Å²) in [6, 6.07) is 12.1. The number of hydrogen-bond acceptors (Lipinski definition) is 4. The predicted octanol–water partition coefficient (Wildman–Crippen LogP) is 4.59. The Bertz CT molecular complexity index is 681. The number of carbonyl (C=O) groups excluding carboxylic acids is 1. The Hall–Kier alpha value is -2.76. The van der Waals surface area contributed by atoms with Crippen molar-refractivity contribution in [3.8, 4) is 11.6 Å². The first kappa shape index (κ1) is 16.6. The number of esters is 1. The van der Waals surface area contributed by atoms with Crippen LogP contribution >= 0.6 is 0 Å². The summed E-state index contributed by atoms with van der Waals surface area (Å²) in [5, 5.41) is 0. The van der Waals surface area contributed by atoms with Crippen LogP contribution in [0.15, 0.2) is 60.3 Å². The monoisotopic (exact) mass is 319 g/mol. The number of rotatable bonds is 6. The summed E-state index contributed by atoms with van der Waals surface area (Å²) in [7, 11) is 0. The van der Waals surface area contributed by atoms with Crippen LogP contribution in [-0.4, -0.2) is 17.6 Å². The highest BCUT2D eigenvalue weighted by Crippen LogP contribution is 2.19. The number of hydrogen-bond donors (Lipinski definition) is 0. The van der Waals surface area contributed by atoms with Gasteiger partial charge in [0, 0.05) is 18.7 Å². The summed E-state index contributed by atoms with van der Waals surface area (Å²) >= 11 is 0. The molecule has 2 rings (SSSR count). The van der Waals surface area contributed by atoms with Gasteiger partial charge in [0.25, 0.3) is 6.08 Å². The molecule has 120 valence electrons. The van der Waals surface area contributed by atoms with Crippen LogP contribution < -0.4 is 4.74 Å². The minimum absolute atomic E-state index is 0.00327. The van der Waals surface area contributed by atoms with E-state index in [0.717, 1.165) is 0 Å². The maximum atomic E-state index is 12.2. The van der Waals surface area contributed by atoms with E-state index in [2.05, 4.69) is 4.98 Å². The van der Waals surface area contributed by atoms with Crippen LogP contribution in [0, 0.1) is 0 Å². The topological polar surface area (TPSA) is 48.4 Å². The molecule has 1 heterocycles. The van der Waals surface area contributed by atoms with Crippen molar-refractivity contribution in [3.63, 3.8) is 0 Å². The van der Waals surface area contributed by atoms with Gasteiger partial charge in [0.15, 0.2) is 0 Å². The Balaban J connectivity index is 1.89. The second-order valence-electron chi connectivity index (χ2n) is 4.73. The summed E-state index contributed by atoms with van der Waals surface area (Å²) in [5.41, 5.74) is 0.135. The van der Waals surface area contributed by atoms with Crippen LogP contribution in [0.2, 0.25) is 0 Å². The molecule has 0 saturated carbocycles. The molecule has 1 aromatic carbocycles. The zero-order valence-electron chi connectivity index (χ0n) is 12.5. The largest absolute Gasteiger partial charge is 0.462 e. The zero-order chi connectivity index (χ0) is 16.7. The van der Waals surface area contributed by atoms with Gasteiger partial charge in [0.2, 0.25) is 5.88 Å². The van der Waals surface area contributed by atoms with E-state index in [-0.39, 0.29) is 24.2 Å². The summed E-state index contributed by atoms with van der Waals surface area (Å²) in [6.45, 7) is 1.19. The highest BCUT2D eigenvalue weighted by atomic mass is 19.3. The molecule has 0 atom stereocenters. The molecule has 0 fully saturated rings. The van der Waals surface area contributed by atoms with Crippen LogP contribution in [0.5, 0.6) is 11.6 Å². The summed E-state index contributed by atoms with van der Waals surface area (Å²) in [4.78, 5) is 15.8. The molecule has 2 aromatic rings. The van der Waals surface area contributed by atoms with Gasteiger partial charge in [-0.2, -0.15) is 8.78 Å². The normalized spacial score (nSPS) is 10.0. The summed E-state index contributed by atoms with van der Waals surface area (Å²) in [5.74, 6) is 0.354. The molecular weight excluding hydrogens is 304 g/mol. The first-order chi connectivity index (χ1) is 11.1. The molecule has 0 bridgehead atoms. The number of para-hydroxylation sites is 1. The second-order valence-corrected chi connectivity index (χ2v) is 4.73. The van der Waals surface area contributed by atoms with E-state index >= 15 is 0 Å². The Morgan fingerprint density at radius 3 is 2.48 bits per heavy atom. The molecule has 6 heteroatoms. The van der Waals surface area contributed by atoms with E-state index in [1.807, 2.05) is 18.2 Å². The standard InChI is InChI=1S/C17H15F2NO3/c1-12(16(18)19)9-10-22-17(21)13-7-8-15(20-11-13)23-14-5-3-2-4-6-14/h2-8,11H,9-10H2,1H3. The lowest BCUT2D eigenvalue weighted by atomic mass is 10.2. The molecule has 0 radical (unpaired) electrons. The van der Waals surface area contributed by atoms with Crippen LogP contribution in [0.1, 0.15) is 23.7 Å². The predicted molar refractivity (Wildman–Crippen MR) is 80.6 cm³/mol. The lowest BCUT2D eigenvalue weighted by molar-refractivity contribution is 0.0507. The third-order valence-electron chi connectivity index (χ3n) is 2.97. The zero-order valence-corrected chi connectivity index (χ0v) is 12.5. The lowest BCUT2D eigenvalue weighted by Gasteiger charge is -2.06. The summed E-state index contributed by atoms with van der Waals surface area (Å²) in [6.07, 6.45) is -0.430. The smallest absolute Gasteiger partial charge is 0.339 e. The molecule has 0 unspecified atom stereocenters. The number of nitrogens with zero attached hydrogens (tertiary/aromatic N) is 1. The van der Waals surface area contributed by atoms with Gasteiger partial charge in [-0.15, -0.1) is 0 Å². The first-order valence-electron chi connectivity index (χ1n) is 6.93. The molecule has 0 N–H and O–H groups in total. The van der Waals surface area contributed by atoms with Gasteiger partial charge in [0.1, 0.15) is 5.75 Å². The van der Waals surface area contributed by atoms with Crippen molar-refractivity contribution in [1.82, 2.24) is 4.98 Å². The Morgan fingerprint density at radius 2 is 1.87 bits per heavy atom. The second kappa shape index (κ2) is 8.03. The van der Waals surface area contributed by atoms with Crippen LogP contribution in [0.4, 0.5) is 8.78 Å². The maximum absolute atomic E-state index is 12.2. The van der Waals surface area contributed by atoms with E-state index in [9.17, 15) is 13.6 Å². The van der Waals surface area contributed by atoms with Crippen molar-refractivity contribution < 1.29 is 23.0 Å². The minimum atomic E-state index is -1.75. The quantitative estimate of drug-likeness (QED) is 0.731. The molecule has 1 aromatic heterocycles. The van der Waals surface area contributed by atoms with Crippen molar-refractivity contribution in [2.75, 3.05) is 6.61 Å². The Morgan fingerprint density at radius 1 is 1.13 bits per heavy atom. The van der Waals surface area contributed by atoms with Gasteiger partial charge in [-0.05, 0) is 30.7 Å². The summed E-state index contributed by atoms with van der Waals surface area (Å²) < 4.78 is 34.8. The average Bonchev–Trinajstić information content (AvgIpc) is 2.56. The van der Waals surface area contributed by atoms with Crippen molar-refractivity contribution in [2.45, 2.75) is 13.3 Å². The van der Waals surface area contributed by atoms with Crippen LogP contribution in [0.25, 0.3) is 0 Å². The molecule has 0 amide bonds. The molecule has 4 nitrogen and oxygen atoms in total. The van der Waals surface area contributed by atoms with Gasteiger partial charge in [0.05, 0.1) is 12.2 Å². The van der Waals surface area contributed by atoms with Gasteiger partial charge in [-0.3, -0.25) is 0 Å². The first-order valence-corrected chi connectivity index (χ1v) is 6.93. The third-order valence-corrected chi connectivity index (χ3v) is 2.97. The lowest BCUT2D eigenvalue weighted by Crippen LogP contribution is -2.07. The highest BCUT2D eigenvalue weighted by Gasteiger charge is 2.09. The van der Waals surface area contributed by atoms with E-state index < -0.39 is 12.0 Å². The van der Waals surface area contributed by atoms with E-state index in [1.165, 1.54) is 25.3 Å². The van der Waals surface area contributed by atoms with Gasteiger partial charge >= 0.3 is 5.97 Å². The SMILES string of the molecule is CC(CCOC(=O)c1ccc(Oc2ccccc2)nc1)=C(F)F. The van der Waals surface area contributed by atoms with Crippen molar-refractivity contribution in [2.24, 2.45) is 0 Å². The number of pyridine rings is 1. The van der Waals surface area contributed by atoms with Crippen LogP contribution in [0.3, 0.4) is 0 Å². The van der Waals surface area contributed by atoms with Crippen LogP contribution in [-0.2, 0) is 4.74 Å². The Labute approximate surface area is 132 Å². The fourth-order valence-electron chi connectivity index (χ4n) is 1.65.